The summed E-state index contributed by atoms with van der Waals surface area (Å²) in [5, 5.41) is 9.63. The molecule has 1 aromatic rings. The summed E-state index contributed by atoms with van der Waals surface area (Å²) in [6, 6.07) is 6.37. The maximum Gasteiger partial charge on any atom is 0.233 e. The lowest BCUT2D eigenvalue weighted by Crippen LogP contribution is -3.00. The number of benzene rings is 1. The van der Waals surface area contributed by atoms with Crippen LogP contribution in [0.4, 0.5) is 5.69 Å². The van der Waals surface area contributed by atoms with Crippen LogP contribution in [0.5, 0.6) is 5.75 Å². The molecular formula is C15H26ClN3O3S. The molecule has 132 valence electrons. The minimum atomic E-state index is -3.43. The van der Waals surface area contributed by atoms with E-state index in [1.807, 2.05) is 0 Å². The molecular weight excluding hydrogens is 338 g/mol. The molecule has 0 radical (unpaired) electrons. The zero-order valence-corrected chi connectivity index (χ0v) is 15.3. The zero-order valence-electron chi connectivity index (χ0n) is 13.7. The van der Waals surface area contributed by atoms with Gasteiger partial charge < -0.3 is 22.0 Å². The smallest absolute Gasteiger partial charge is 0.233 e. The van der Waals surface area contributed by atoms with E-state index in [-0.39, 0.29) is 29.6 Å². The molecule has 2 rings (SSSR count). The van der Waals surface area contributed by atoms with Gasteiger partial charge in [-0.05, 0) is 19.2 Å². The van der Waals surface area contributed by atoms with Crippen molar-refractivity contribution in [2.45, 2.75) is 6.42 Å². The van der Waals surface area contributed by atoms with Crippen LogP contribution in [0.3, 0.4) is 0 Å². The van der Waals surface area contributed by atoms with E-state index in [1.54, 1.807) is 18.2 Å². The van der Waals surface area contributed by atoms with Gasteiger partial charge in [0, 0.05) is 19.5 Å². The van der Waals surface area contributed by atoms with Crippen molar-refractivity contribution in [3.05, 3.63) is 24.3 Å². The number of hydrogen-bond donors (Lipinski definition) is 2. The van der Waals surface area contributed by atoms with Crippen LogP contribution in [0.25, 0.3) is 0 Å². The van der Waals surface area contributed by atoms with Crippen molar-refractivity contribution in [3.8, 4) is 5.75 Å². The molecule has 1 aromatic carbocycles. The second-order valence-electron chi connectivity index (χ2n) is 6.39. The van der Waals surface area contributed by atoms with Gasteiger partial charge in [-0.1, -0.05) is 12.1 Å². The summed E-state index contributed by atoms with van der Waals surface area (Å²) in [7, 11) is 0.880. The summed E-state index contributed by atoms with van der Waals surface area (Å²) in [5.74, 6) is 0.0227. The predicted molar refractivity (Wildman–Crippen MR) is 88.4 cm³/mol. The van der Waals surface area contributed by atoms with Gasteiger partial charge in [0.2, 0.25) is 10.0 Å². The fraction of sp³-hybridized carbons (Fsp3) is 0.600. The molecule has 1 fully saturated rings. The number of aromatic hydroxyl groups is 1. The van der Waals surface area contributed by atoms with Gasteiger partial charge in [0.15, 0.2) is 0 Å². The van der Waals surface area contributed by atoms with E-state index in [9.17, 15) is 13.5 Å². The minimum absolute atomic E-state index is 0. The molecule has 0 atom stereocenters. The summed E-state index contributed by atoms with van der Waals surface area (Å²) in [5.41, 5.74) is 0.238. The molecule has 23 heavy (non-hydrogen) atoms. The first-order valence-electron chi connectivity index (χ1n) is 7.60. The number of nitrogens with zero attached hydrogens (tertiary/aromatic N) is 2. The molecule has 0 spiro atoms. The largest absolute Gasteiger partial charge is 1.00 e. The Kier molecular flexibility index (Phi) is 7.13. The van der Waals surface area contributed by atoms with Crippen LogP contribution >= 0.6 is 0 Å². The molecule has 0 amide bonds. The highest BCUT2D eigenvalue weighted by Gasteiger charge is 2.27. The Morgan fingerprint density at radius 2 is 1.87 bits per heavy atom. The molecule has 1 heterocycles. The number of rotatable bonds is 6. The first-order chi connectivity index (χ1) is 10.3. The molecule has 0 saturated carbocycles. The molecule has 0 bridgehead atoms. The lowest BCUT2D eigenvalue weighted by molar-refractivity contribution is -0.913. The normalized spacial score (nSPS) is 18.2. The van der Waals surface area contributed by atoms with Crippen molar-refractivity contribution in [1.82, 2.24) is 4.90 Å². The third-order valence-electron chi connectivity index (χ3n) is 4.32. The number of likely N-dealkylation sites (N-methyl/N-ethyl adjacent to an activating group) is 2. The van der Waals surface area contributed by atoms with Gasteiger partial charge in [0.1, 0.15) is 5.75 Å². The molecule has 1 aliphatic rings. The Morgan fingerprint density at radius 1 is 1.26 bits per heavy atom. The van der Waals surface area contributed by atoms with Gasteiger partial charge in [0.05, 0.1) is 38.1 Å². The number of para-hydroxylation sites is 2. The number of anilines is 1. The fourth-order valence-corrected chi connectivity index (χ4v) is 3.81. The SMILES string of the molecule is CN1CC[N+](C)(CCCS(=O)(=O)Nc2ccccc2O)CC1.[Cl-]. The predicted octanol–water partition coefficient (Wildman–Crippen LogP) is -2.08. The van der Waals surface area contributed by atoms with E-state index >= 15 is 0 Å². The lowest BCUT2D eigenvalue weighted by atomic mass is 10.2. The van der Waals surface area contributed by atoms with Gasteiger partial charge in [-0.2, -0.15) is 0 Å². The average molecular weight is 364 g/mol. The summed E-state index contributed by atoms with van der Waals surface area (Å²) < 4.78 is 27.6. The maximum atomic E-state index is 12.1. The van der Waals surface area contributed by atoms with E-state index < -0.39 is 10.0 Å². The first kappa shape index (κ1) is 20.0. The van der Waals surface area contributed by atoms with E-state index in [4.69, 9.17) is 0 Å². The van der Waals surface area contributed by atoms with Gasteiger partial charge >= 0.3 is 0 Å². The Bertz CT molecular complexity index is 602. The third-order valence-corrected chi connectivity index (χ3v) is 5.68. The van der Waals surface area contributed by atoms with Crippen LogP contribution in [0.15, 0.2) is 24.3 Å². The van der Waals surface area contributed by atoms with E-state index in [2.05, 4.69) is 23.7 Å². The second kappa shape index (κ2) is 8.19. The van der Waals surface area contributed by atoms with Gasteiger partial charge in [0.25, 0.3) is 0 Å². The Morgan fingerprint density at radius 3 is 2.48 bits per heavy atom. The molecule has 1 aliphatic heterocycles. The summed E-state index contributed by atoms with van der Waals surface area (Å²) in [4.78, 5) is 2.30. The van der Waals surface area contributed by atoms with Crippen molar-refractivity contribution in [2.75, 3.05) is 57.3 Å². The fourth-order valence-electron chi connectivity index (χ4n) is 2.69. The molecule has 6 nitrogen and oxygen atoms in total. The summed E-state index contributed by atoms with van der Waals surface area (Å²) in [6.45, 7) is 5.08. The van der Waals surface area contributed by atoms with Crippen LogP contribution in [-0.4, -0.2) is 75.5 Å². The number of nitrogens with one attached hydrogen (secondary N) is 1. The summed E-state index contributed by atoms with van der Waals surface area (Å²) in [6.07, 6.45) is 0.614. The van der Waals surface area contributed by atoms with Crippen molar-refractivity contribution in [1.29, 1.82) is 0 Å². The zero-order chi connectivity index (χ0) is 16.2. The number of hydrogen-bond acceptors (Lipinski definition) is 4. The molecule has 0 unspecified atom stereocenters. The lowest BCUT2D eigenvalue weighted by Gasteiger charge is -2.41. The highest BCUT2D eigenvalue weighted by atomic mass is 35.5. The molecule has 8 heteroatoms. The van der Waals surface area contributed by atoms with Crippen LogP contribution in [0.2, 0.25) is 0 Å². The van der Waals surface area contributed by atoms with Crippen LogP contribution in [0, 0.1) is 0 Å². The van der Waals surface area contributed by atoms with Crippen molar-refractivity contribution in [2.24, 2.45) is 0 Å². The number of phenols is 1. The Labute approximate surface area is 145 Å². The van der Waals surface area contributed by atoms with E-state index in [0.717, 1.165) is 37.2 Å². The van der Waals surface area contributed by atoms with Crippen LogP contribution in [0.1, 0.15) is 6.42 Å². The highest BCUT2D eigenvalue weighted by molar-refractivity contribution is 7.92. The van der Waals surface area contributed by atoms with Gasteiger partial charge in [-0.25, -0.2) is 8.42 Å². The van der Waals surface area contributed by atoms with Crippen LogP contribution < -0.4 is 17.1 Å². The number of halogens is 1. The van der Waals surface area contributed by atoms with E-state index in [1.165, 1.54) is 6.07 Å². The standard InChI is InChI=1S/C15H25N3O3S.ClH/c1-17-8-11-18(2,12-9-17)10-5-13-22(20,21)16-14-6-3-4-7-15(14)19;/h3-4,6-7,16H,5,8-13H2,1-2H3;1H. The van der Waals surface area contributed by atoms with Gasteiger partial charge in [-0.3, -0.25) is 9.62 Å². The Balaban J connectivity index is 0.00000264. The number of phenolic OH excluding ortho intramolecular Hbond substituents is 1. The third kappa shape index (κ3) is 6.18. The van der Waals surface area contributed by atoms with Gasteiger partial charge in [-0.15, -0.1) is 0 Å². The monoisotopic (exact) mass is 363 g/mol. The minimum Gasteiger partial charge on any atom is -1.00 e. The molecule has 0 aromatic heterocycles. The highest BCUT2D eigenvalue weighted by Crippen LogP contribution is 2.23. The second-order valence-corrected chi connectivity index (χ2v) is 8.23. The Hall–Kier alpha value is -1.02. The number of quaternary nitrogens is 1. The molecule has 2 N–H and O–H groups in total. The van der Waals surface area contributed by atoms with Crippen molar-refractivity contribution in [3.63, 3.8) is 0 Å². The van der Waals surface area contributed by atoms with Crippen LogP contribution in [-0.2, 0) is 10.0 Å². The topological polar surface area (TPSA) is 69.6 Å². The van der Waals surface area contributed by atoms with Crippen molar-refractivity contribution >= 4 is 15.7 Å². The first-order valence-corrected chi connectivity index (χ1v) is 9.25. The average Bonchev–Trinajstić information content (AvgIpc) is 2.45. The molecule has 1 saturated heterocycles. The number of sulfonamides is 1. The maximum absolute atomic E-state index is 12.1. The van der Waals surface area contributed by atoms with Crippen molar-refractivity contribution < 1.29 is 30.4 Å². The van der Waals surface area contributed by atoms with E-state index in [0.29, 0.717) is 6.42 Å². The number of piperazine rings is 1. The summed E-state index contributed by atoms with van der Waals surface area (Å²) >= 11 is 0. The quantitative estimate of drug-likeness (QED) is 0.449. The molecule has 0 aliphatic carbocycles.